The number of hydrogen-bond acceptors (Lipinski definition) is 5. The van der Waals surface area contributed by atoms with Crippen molar-refractivity contribution < 1.29 is 14.9 Å². The summed E-state index contributed by atoms with van der Waals surface area (Å²) in [6, 6.07) is 0. The van der Waals surface area contributed by atoms with Gasteiger partial charge in [0.25, 0.3) is 0 Å². The SMILES string of the molecule is O=[N+]([O-])C1=C([O-])C=CC(=[N+]([O-])[O-])C1. The first kappa shape index (κ1) is 9.04. The number of hydrogen-bond donors (Lipinski definition) is 0. The Balaban J connectivity index is 3.04. The molecule has 13 heavy (non-hydrogen) atoms. The Hall–Kier alpha value is -2.05. The van der Waals surface area contributed by atoms with E-state index in [1.807, 2.05) is 0 Å². The molecule has 1 rings (SSSR count). The van der Waals surface area contributed by atoms with E-state index in [0.717, 1.165) is 12.2 Å². The maximum atomic E-state index is 10.8. The highest BCUT2D eigenvalue weighted by atomic mass is 16.8. The molecule has 0 aromatic carbocycles. The summed E-state index contributed by atoms with van der Waals surface area (Å²) < 4.78 is 0. The van der Waals surface area contributed by atoms with E-state index in [9.17, 15) is 25.6 Å². The van der Waals surface area contributed by atoms with Gasteiger partial charge in [-0.1, -0.05) is 6.08 Å². The van der Waals surface area contributed by atoms with E-state index >= 15 is 0 Å². The summed E-state index contributed by atoms with van der Waals surface area (Å²) >= 11 is 0. The molecule has 0 spiro atoms. The minimum atomic E-state index is -0.894. The minimum absolute atomic E-state index is 0.341. The van der Waals surface area contributed by atoms with E-state index in [1.54, 1.807) is 0 Å². The van der Waals surface area contributed by atoms with Gasteiger partial charge in [-0.25, -0.2) is 0 Å². The second kappa shape index (κ2) is 3.13. The van der Waals surface area contributed by atoms with Gasteiger partial charge in [0, 0.05) is 6.08 Å². The first-order valence-corrected chi connectivity index (χ1v) is 3.25. The Bertz CT molecular complexity index is 337. The van der Waals surface area contributed by atoms with Crippen LogP contribution in [-0.2, 0) is 0 Å². The van der Waals surface area contributed by atoms with Crippen LogP contribution in [0.5, 0.6) is 0 Å². The molecular formula is C6H4N2O5-2. The Morgan fingerprint density at radius 3 is 2.31 bits per heavy atom. The smallest absolute Gasteiger partial charge is 0.249 e. The fourth-order valence-electron chi connectivity index (χ4n) is 0.866. The molecule has 7 heteroatoms. The van der Waals surface area contributed by atoms with Crippen molar-refractivity contribution in [2.24, 2.45) is 0 Å². The fourth-order valence-corrected chi connectivity index (χ4v) is 0.866. The van der Waals surface area contributed by atoms with Gasteiger partial charge in [0.05, 0.1) is 4.92 Å². The predicted octanol–water partition coefficient (Wildman–Crippen LogP) is -0.756. The molecule has 0 aromatic rings. The quantitative estimate of drug-likeness (QED) is 0.302. The standard InChI is InChI=1S/C6H5N2O5/c9-6-2-1-4(7(10)11)3-5(6)8(12)13/h1-2H,3H2,(H-,9,10,11)/q-1/p-1. The van der Waals surface area contributed by atoms with Crippen molar-refractivity contribution in [1.29, 1.82) is 0 Å². The molecule has 0 saturated carbocycles. The number of nitrogens with zero attached hydrogens (tertiary/aromatic N) is 2. The zero-order chi connectivity index (χ0) is 10.0. The van der Waals surface area contributed by atoms with Crippen molar-refractivity contribution in [2.45, 2.75) is 6.42 Å². The third kappa shape index (κ3) is 1.75. The molecule has 0 aromatic heterocycles. The van der Waals surface area contributed by atoms with Crippen LogP contribution in [0.25, 0.3) is 0 Å². The van der Waals surface area contributed by atoms with Gasteiger partial charge < -0.3 is 15.5 Å². The zero-order valence-corrected chi connectivity index (χ0v) is 6.30. The lowest BCUT2D eigenvalue weighted by atomic mass is 10.1. The first-order valence-electron chi connectivity index (χ1n) is 3.25. The monoisotopic (exact) mass is 184 g/mol. The molecular weight excluding hydrogens is 180 g/mol. The van der Waals surface area contributed by atoms with Crippen molar-refractivity contribution in [3.05, 3.63) is 44.1 Å². The third-order valence-electron chi connectivity index (χ3n) is 1.51. The molecule has 0 bridgehead atoms. The molecule has 0 amide bonds. The molecule has 0 aliphatic heterocycles. The van der Waals surface area contributed by atoms with Gasteiger partial charge in [0.15, 0.2) is 0 Å². The van der Waals surface area contributed by atoms with Gasteiger partial charge in [-0.3, -0.25) is 10.1 Å². The molecule has 0 saturated heterocycles. The van der Waals surface area contributed by atoms with Gasteiger partial charge >= 0.3 is 0 Å². The van der Waals surface area contributed by atoms with E-state index in [4.69, 9.17) is 0 Å². The topological polar surface area (TPSA) is 115 Å². The maximum absolute atomic E-state index is 10.8. The van der Waals surface area contributed by atoms with Crippen LogP contribution in [0.15, 0.2) is 23.6 Å². The highest BCUT2D eigenvalue weighted by Gasteiger charge is 2.21. The Kier molecular flexibility index (Phi) is 2.18. The zero-order valence-electron chi connectivity index (χ0n) is 6.30. The van der Waals surface area contributed by atoms with Crippen LogP contribution in [0.4, 0.5) is 0 Å². The molecule has 0 heterocycles. The molecule has 0 N–H and O–H groups in total. The van der Waals surface area contributed by atoms with Crippen LogP contribution in [0.2, 0.25) is 0 Å². The number of rotatable bonds is 1. The lowest BCUT2D eigenvalue weighted by molar-refractivity contribution is -0.444. The molecule has 70 valence electrons. The fraction of sp³-hybridized carbons (Fsp3) is 0.167. The maximum Gasteiger partial charge on any atom is 0.249 e. The predicted molar refractivity (Wildman–Crippen MR) is 39.8 cm³/mol. The van der Waals surface area contributed by atoms with Crippen molar-refractivity contribution in [1.82, 2.24) is 0 Å². The summed E-state index contributed by atoms with van der Waals surface area (Å²) in [5, 5.41) is 41.4. The summed E-state index contributed by atoms with van der Waals surface area (Å²) in [4.78, 5) is 8.57. The van der Waals surface area contributed by atoms with Gasteiger partial charge in [-0.05, 0) is 5.76 Å². The Labute approximate surface area is 72.2 Å². The summed E-state index contributed by atoms with van der Waals surface area (Å²) in [5.41, 5.74) is -1.000. The van der Waals surface area contributed by atoms with E-state index in [-0.39, 0.29) is 5.71 Å². The van der Waals surface area contributed by atoms with E-state index < -0.39 is 27.7 Å². The van der Waals surface area contributed by atoms with Crippen molar-refractivity contribution in [2.75, 3.05) is 0 Å². The molecule has 7 nitrogen and oxygen atoms in total. The third-order valence-corrected chi connectivity index (χ3v) is 1.51. The number of allylic oxidation sites excluding steroid dienone is 3. The Morgan fingerprint density at radius 2 is 1.85 bits per heavy atom. The van der Waals surface area contributed by atoms with Crippen LogP contribution >= 0.6 is 0 Å². The molecule has 1 aliphatic rings. The second-order valence-corrected chi connectivity index (χ2v) is 2.33. The lowest BCUT2D eigenvalue weighted by Gasteiger charge is -2.14. The molecule has 1 aliphatic carbocycles. The highest BCUT2D eigenvalue weighted by molar-refractivity contribution is 5.94. The highest BCUT2D eigenvalue weighted by Crippen LogP contribution is 2.13. The summed E-state index contributed by atoms with van der Waals surface area (Å²) in [6.07, 6.45) is 1.30. The van der Waals surface area contributed by atoms with Crippen LogP contribution in [0.3, 0.4) is 0 Å². The average Bonchev–Trinajstić information content (AvgIpc) is 2.04. The number of nitro groups is 1. The first-order chi connectivity index (χ1) is 6.02. The molecule has 0 unspecified atom stereocenters. The summed E-state index contributed by atoms with van der Waals surface area (Å²) in [7, 11) is 0. The Morgan fingerprint density at radius 1 is 1.23 bits per heavy atom. The molecule has 0 atom stereocenters. The van der Waals surface area contributed by atoms with Crippen molar-refractivity contribution >= 4 is 5.71 Å². The van der Waals surface area contributed by atoms with Crippen molar-refractivity contribution in [3.63, 3.8) is 0 Å². The van der Waals surface area contributed by atoms with Gasteiger partial charge in [-0.15, -0.1) is 0 Å². The van der Waals surface area contributed by atoms with Crippen LogP contribution in [0.1, 0.15) is 6.42 Å². The summed E-state index contributed by atoms with van der Waals surface area (Å²) in [6.45, 7) is 0. The van der Waals surface area contributed by atoms with Crippen LogP contribution in [-0.4, -0.2) is 15.5 Å². The van der Waals surface area contributed by atoms with E-state index in [2.05, 4.69) is 0 Å². The van der Waals surface area contributed by atoms with E-state index in [1.165, 1.54) is 0 Å². The van der Waals surface area contributed by atoms with E-state index in [0.29, 0.717) is 0 Å². The average molecular weight is 184 g/mol. The van der Waals surface area contributed by atoms with Crippen molar-refractivity contribution in [3.8, 4) is 0 Å². The van der Waals surface area contributed by atoms with Gasteiger partial charge in [0.2, 0.25) is 11.4 Å². The normalized spacial score (nSPS) is 16.2. The lowest BCUT2D eigenvalue weighted by Crippen LogP contribution is -2.21. The van der Waals surface area contributed by atoms with Crippen LogP contribution < -0.4 is 5.11 Å². The molecule has 0 radical (unpaired) electrons. The molecule has 0 fully saturated rings. The summed E-state index contributed by atoms with van der Waals surface area (Å²) in [5.74, 6) is -0.782. The van der Waals surface area contributed by atoms with Gasteiger partial charge in [0.1, 0.15) is 6.42 Å². The second-order valence-electron chi connectivity index (χ2n) is 2.33. The minimum Gasteiger partial charge on any atom is -0.868 e. The van der Waals surface area contributed by atoms with Gasteiger partial charge in [-0.2, -0.15) is 4.90 Å². The largest absolute Gasteiger partial charge is 0.868 e. The van der Waals surface area contributed by atoms with Crippen LogP contribution in [0, 0.1) is 20.5 Å².